The van der Waals surface area contributed by atoms with E-state index in [-0.39, 0.29) is 29.9 Å². The van der Waals surface area contributed by atoms with E-state index in [1.165, 1.54) is 4.80 Å². The van der Waals surface area contributed by atoms with Gasteiger partial charge < -0.3 is 4.57 Å². The SMILES string of the molecule is Cc1ccc(-c2nnn(CC(=O)c3cc(C)n([C@@H]4CCS(=O)(=O)C4)c3C)n2)cc1. The van der Waals surface area contributed by atoms with Gasteiger partial charge in [0.2, 0.25) is 5.82 Å². The fraction of sp³-hybridized carbons (Fsp3) is 0.400. The number of nitrogens with zero attached hydrogens (tertiary/aromatic N) is 5. The summed E-state index contributed by atoms with van der Waals surface area (Å²) in [5.41, 5.74) is 4.23. The van der Waals surface area contributed by atoms with Crippen LogP contribution in [0.15, 0.2) is 30.3 Å². The number of sulfone groups is 1. The van der Waals surface area contributed by atoms with Crippen LogP contribution in [0.5, 0.6) is 0 Å². The fourth-order valence-electron chi connectivity index (χ4n) is 3.94. The molecular weight excluding hydrogens is 390 g/mol. The van der Waals surface area contributed by atoms with Crippen molar-refractivity contribution in [2.75, 3.05) is 11.5 Å². The molecule has 2 aromatic heterocycles. The van der Waals surface area contributed by atoms with Gasteiger partial charge in [0.1, 0.15) is 6.54 Å². The van der Waals surface area contributed by atoms with Crippen molar-refractivity contribution < 1.29 is 13.2 Å². The first kappa shape index (κ1) is 19.5. The third-order valence-electron chi connectivity index (χ3n) is 5.41. The number of Topliss-reactive ketones (excluding diaryl/α,β-unsaturated/α-hetero) is 1. The van der Waals surface area contributed by atoms with E-state index in [1.54, 1.807) is 0 Å². The van der Waals surface area contributed by atoms with Crippen LogP contribution in [0.3, 0.4) is 0 Å². The number of ketones is 1. The minimum absolute atomic E-state index is 0.0217. The zero-order chi connectivity index (χ0) is 20.8. The van der Waals surface area contributed by atoms with E-state index in [4.69, 9.17) is 0 Å². The van der Waals surface area contributed by atoms with E-state index in [0.29, 0.717) is 17.8 Å². The summed E-state index contributed by atoms with van der Waals surface area (Å²) in [6, 6.07) is 9.49. The lowest BCUT2D eigenvalue weighted by molar-refractivity contribution is 0.0960. The van der Waals surface area contributed by atoms with E-state index in [1.807, 2.05) is 55.7 Å². The van der Waals surface area contributed by atoms with Gasteiger partial charge in [-0.25, -0.2) is 8.42 Å². The van der Waals surface area contributed by atoms with Crippen molar-refractivity contribution in [1.29, 1.82) is 0 Å². The maximum atomic E-state index is 12.9. The van der Waals surface area contributed by atoms with Gasteiger partial charge in [-0.3, -0.25) is 4.79 Å². The van der Waals surface area contributed by atoms with Gasteiger partial charge in [-0.05, 0) is 38.5 Å². The Hall–Kier alpha value is -2.81. The highest BCUT2D eigenvalue weighted by Crippen LogP contribution is 2.29. The summed E-state index contributed by atoms with van der Waals surface area (Å²) >= 11 is 0. The third kappa shape index (κ3) is 3.87. The molecule has 1 fully saturated rings. The lowest BCUT2D eigenvalue weighted by Gasteiger charge is -2.16. The summed E-state index contributed by atoms with van der Waals surface area (Å²) in [6.07, 6.45) is 0.580. The quantitative estimate of drug-likeness (QED) is 0.595. The molecule has 29 heavy (non-hydrogen) atoms. The molecule has 0 aliphatic carbocycles. The molecule has 0 saturated carbocycles. The molecule has 1 aliphatic rings. The molecule has 0 bridgehead atoms. The minimum Gasteiger partial charge on any atom is -0.344 e. The lowest BCUT2D eigenvalue weighted by atomic mass is 10.1. The Labute approximate surface area is 169 Å². The number of hydrogen-bond acceptors (Lipinski definition) is 6. The molecule has 3 aromatic rings. The Morgan fingerprint density at radius 1 is 1.17 bits per heavy atom. The van der Waals surface area contributed by atoms with Crippen LogP contribution in [-0.4, -0.2) is 50.5 Å². The third-order valence-corrected chi connectivity index (χ3v) is 7.16. The van der Waals surface area contributed by atoms with Gasteiger partial charge >= 0.3 is 0 Å². The van der Waals surface area contributed by atoms with Crippen LogP contribution in [0.2, 0.25) is 0 Å². The molecule has 0 spiro atoms. The Bertz CT molecular complexity index is 1180. The normalized spacial score (nSPS) is 18.2. The van der Waals surface area contributed by atoms with E-state index in [2.05, 4.69) is 15.4 Å². The first-order chi connectivity index (χ1) is 13.7. The molecule has 152 valence electrons. The predicted molar refractivity (Wildman–Crippen MR) is 109 cm³/mol. The van der Waals surface area contributed by atoms with Crippen LogP contribution >= 0.6 is 0 Å². The van der Waals surface area contributed by atoms with Gasteiger partial charge in [0.05, 0.1) is 11.5 Å². The number of aromatic nitrogens is 5. The molecule has 1 saturated heterocycles. The Morgan fingerprint density at radius 3 is 2.55 bits per heavy atom. The second-order valence-corrected chi connectivity index (χ2v) is 9.87. The van der Waals surface area contributed by atoms with Gasteiger partial charge in [0.25, 0.3) is 0 Å². The van der Waals surface area contributed by atoms with Gasteiger partial charge in [0.15, 0.2) is 15.6 Å². The van der Waals surface area contributed by atoms with Crippen molar-refractivity contribution in [3.63, 3.8) is 0 Å². The summed E-state index contributed by atoms with van der Waals surface area (Å²) < 4.78 is 25.7. The zero-order valence-corrected chi connectivity index (χ0v) is 17.5. The standard InChI is InChI=1S/C20H23N5O3S/c1-13-4-6-16(7-5-13)20-21-23-24(22-20)11-19(26)18-10-14(2)25(15(18)3)17-8-9-29(27,28)12-17/h4-7,10,17H,8-9,11-12H2,1-3H3/t17-/m1/s1. The van der Waals surface area contributed by atoms with E-state index >= 15 is 0 Å². The van der Waals surface area contributed by atoms with Crippen LogP contribution < -0.4 is 0 Å². The lowest BCUT2D eigenvalue weighted by Crippen LogP contribution is -2.16. The molecule has 0 N–H and O–H groups in total. The summed E-state index contributed by atoms with van der Waals surface area (Å²) in [5, 5.41) is 12.4. The highest BCUT2D eigenvalue weighted by Gasteiger charge is 2.31. The second-order valence-electron chi connectivity index (χ2n) is 7.64. The summed E-state index contributed by atoms with van der Waals surface area (Å²) in [6.45, 7) is 5.74. The van der Waals surface area contributed by atoms with Crippen LogP contribution in [0.25, 0.3) is 11.4 Å². The van der Waals surface area contributed by atoms with Crippen molar-refractivity contribution in [2.45, 2.75) is 39.8 Å². The number of rotatable bonds is 5. The Balaban J connectivity index is 1.54. The Morgan fingerprint density at radius 2 is 1.90 bits per heavy atom. The largest absolute Gasteiger partial charge is 0.344 e. The Kier molecular flexibility index (Phi) is 4.85. The van der Waals surface area contributed by atoms with Crippen LogP contribution in [0.4, 0.5) is 0 Å². The molecule has 3 heterocycles. The predicted octanol–water partition coefficient (Wildman–Crippen LogP) is 2.31. The number of tetrazole rings is 1. The molecule has 0 amide bonds. The molecular formula is C20H23N5O3S. The van der Waals surface area contributed by atoms with Gasteiger partial charge in [0, 0.05) is 28.6 Å². The maximum Gasteiger partial charge on any atom is 0.204 e. The molecule has 8 nitrogen and oxygen atoms in total. The number of hydrogen-bond donors (Lipinski definition) is 0. The molecule has 1 aliphatic heterocycles. The highest BCUT2D eigenvalue weighted by atomic mass is 32.2. The number of benzene rings is 1. The van der Waals surface area contributed by atoms with Crippen LogP contribution in [0, 0.1) is 20.8 Å². The molecule has 9 heteroatoms. The van der Waals surface area contributed by atoms with Crippen molar-refractivity contribution in [1.82, 2.24) is 24.8 Å². The zero-order valence-electron chi connectivity index (χ0n) is 16.7. The monoisotopic (exact) mass is 413 g/mol. The van der Waals surface area contributed by atoms with Gasteiger partial charge in [-0.1, -0.05) is 29.8 Å². The van der Waals surface area contributed by atoms with Crippen molar-refractivity contribution in [3.8, 4) is 11.4 Å². The summed E-state index contributed by atoms with van der Waals surface area (Å²) in [7, 11) is -3.00. The smallest absolute Gasteiger partial charge is 0.204 e. The molecule has 0 unspecified atom stereocenters. The van der Waals surface area contributed by atoms with Crippen molar-refractivity contribution in [2.24, 2.45) is 0 Å². The van der Waals surface area contributed by atoms with E-state index in [0.717, 1.165) is 22.5 Å². The van der Waals surface area contributed by atoms with Crippen molar-refractivity contribution >= 4 is 15.6 Å². The average Bonchev–Trinajstić information content (AvgIpc) is 3.33. The first-order valence-electron chi connectivity index (χ1n) is 9.50. The molecule has 0 radical (unpaired) electrons. The van der Waals surface area contributed by atoms with Crippen LogP contribution in [0.1, 0.15) is 39.8 Å². The summed E-state index contributed by atoms with van der Waals surface area (Å²) in [5.74, 6) is 0.669. The highest BCUT2D eigenvalue weighted by molar-refractivity contribution is 7.91. The first-order valence-corrected chi connectivity index (χ1v) is 11.3. The number of carbonyl (C=O) groups excluding carboxylic acids is 1. The molecule has 1 aromatic carbocycles. The topological polar surface area (TPSA) is 99.7 Å². The van der Waals surface area contributed by atoms with Gasteiger partial charge in [-0.2, -0.15) is 4.80 Å². The molecule has 4 rings (SSSR count). The molecule has 1 atom stereocenters. The number of aryl methyl sites for hydroxylation is 2. The second kappa shape index (κ2) is 7.22. The van der Waals surface area contributed by atoms with E-state index in [9.17, 15) is 13.2 Å². The van der Waals surface area contributed by atoms with Crippen LogP contribution in [-0.2, 0) is 16.4 Å². The fourth-order valence-corrected chi connectivity index (χ4v) is 5.64. The summed E-state index contributed by atoms with van der Waals surface area (Å²) in [4.78, 5) is 14.2. The van der Waals surface area contributed by atoms with Crippen molar-refractivity contribution in [3.05, 3.63) is 52.8 Å². The average molecular weight is 414 g/mol. The minimum atomic E-state index is -3.00. The van der Waals surface area contributed by atoms with Gasteiger partial charge in [-0.15, -0.1) is 10.2 Å². The number of carbonyl (C=O) groups is 1. The van der Waals surface area contributed by atoms with E-state index < -0.39 is 9.84 Å². The maximum absolute atomic E-state index is 12.9.